The lowest BCUT2D eigenvalue weighted by atomic mass is 9.77. The number of rotatable bonds is 2. The van der Waals surface area contributed by atoms with Gasteiger partial charge in [0.05, 0.1) is 11.2 Å². The second-order valence-corrected chi connectivity index (χ2v) is 10.1. The highest BCUT2D eigenvalue weighted by molar-refractivity contribution is 6.62. The van der Waals surface area contributed by atoms with Gasteiger partial charge in [0, 0.05) is 19.0 Å². The van der Waals surface area contributed by atoms with Crippen LogP contribution >= 0.6 is 0 Å². The molecule has 0 bridgehead atoms. The van der Waals surface area contributed by atoms with Gasteiger partial charge in [0.1, 0.15) is 5.60 Å². The molecule has 6 heteroatoms. The van der Waals surface area contributed by atoms with Crippen molar-refractivity contribution in [2.75, 3.05) is 13.1 Å². The number of amides is 1. The van der Waals surface area contributed by atoms with Crippen LogP contribution in [0.2, 0.25) is 0 Å². The smallest absolute Gasteiger partial charge is 0.444 e. The molecular formula is C22H34BNO4. The molecule has 0 aliphatic carbocycles. The van der Waals surface area contributed by atoms with E-state index < -0.39 is 5.60 Å². The van der Waals surface area contributed by atoms with Crippen molar-refractivity contribution in [1.82, 2.24) is 4.90 Å². The number of hydrogen-bond donors (Lipinski definition) is 0. The second kappa shape index (κ2) is 7.07. The summed E-state index contributed by atoms with van der Waals surface area (Å²) in [6, 6.07) is 6.42. The second-order valence-electron chi connectivity index (χ2n) is 10.1. The van der Waals surface area contributed by atoms with Crippen molar-refractivity contribution < 1.29 is 18.8 Å². The van der Waals surface area contributed by atoms with Crippen molar-refractivity contribution in [3.8, 4) is 0 Å². The standard InChI is InChI=1S/C22H34BNO4/c1-15-13-17(23-27-21(5,6)22(7,8)28-23)9-10-18(15)16-11-12-24(14-16)19(25)26-20(2,3)4/h9-10,13,16H,11-12,14H2,1-8H3. The zero-order chi connectivity index (χ0) is 20.9. The van der Waals surface area contributed by atoms with E-state index in [-0.39, 0.29) is 24.4 Å². The minimum absolute atomic E-state index is 0.221. The van der Waals surface area contributed by atoms with Crippen molar-refractivity contribution in [1.29, 1.82) is 0 Å². The molecule has 1 aromatic rings. The Morgan fingerprint density at radius 2 is 1.79 bits per heavy atom. The van der Waals surface area contributed by atoms with Gasteiger partial charge in [-0.3, -0.25) is 0 Å². The van der Waals surface area contributed by atoms with E-state index in [0.717, 1.165) is 18.4 Å². The lowest BCUT2D eigenvalue weighted by Gasteiger charge is -2.32. The van der Waals surface area contributed by atoms with E-state index in [1.807, 2.05) is 25.7 Å². The highest BCUT2D eigenvalue weighted by Gasteiger charge is 2.51. The van der Waals surface area contributed by atoms with Crippen LogP contribution in [0, 0.1) is 6.92 Å². The molecule has 2 aliphatic rings. The zero-order valence-corrected chi connectivity index (χ0v) is 18.6. The first-order chi connectivity index (χ1) is 12.8. The Balaban J connectivity index is 1.70. The van der Waals surface area contributed by atoms with E-state index in [9.17, 15) is 4.79 Å². The maximum absolute atomic E-state index is 12.3. The number of likely N-dealkylation sites (tertiary alicyclic amines) is 1. The molecule has 5 nitrogen and oxygen atoms in total. The van der Waals surface area contributed by atoms with Crippen molar-refractivity contribution in [3.63, 3.8) is 0 Å². The van der Waals surface area contributed by atoms with Crippen molar-refractivity contribution in [3.05, 3.63) is 29.3 Å². The Bertz CT molecular complexity index is 737. The van der Waals surface area contributed by atoms with Crippen LogP contribution in [0.4, 0.5) is 4.79 Å². The van der Waals surface area contributed by atoms with Crippen LogP contribution in [0.3, 0.4) is 0 Å². The molecule has 0 radical (unpaired) electrons. The molecule has 0 spiro atoms. The van der Waals surface area contributed by atoms with Gasteiger partial charge >= 0.3 is 13.2 Å². The fraction of sp³-hybridized carbons (Fsp3) is 0.682. The van der Waals surface area contributed by atoms with Gasteiger partial charge in [-0.1, -0.05) is 18.2 Å². The van der Waals surface area contributed by atoms with Crippen molar-refractivity contribution in [2.24, 2.45) is 0 Å². The molecule has 0 N–H and O–H groups in total. The average molecular weight is 387 g/mol. The van der Waals surface area contributed by atoms with Crippen molar-refractivity contribution in [2.45, 2.75) is 84.5 Å². The third-order valence-electron chi connectivity index (χ3n) is 6.10. The van der Waals surface area contributed by atoms with Gasteiger partial charge in [-0.25, -0.2) is 4.79 Å². The van der Waals surface area contributed by atoms with Crippen LogP contribution in [0.1, 0.15) is 71.9 Å². The topological polar surface area (TPSA) is 48.0 Å². The first-order valence-corrected chi connectivity index (χ1v) is 10.2. The molecule has 3 rings (SSSR count). The van der Waals surface area contributed by atoms with Gasteiger partial charge in [-0.05, 0) is 78.4 Å². The lowest BCUT2D eigenvalue weighted by Crippen LogP contribution is -2.41. The number of carbonyl (C=O) groups is 1. The van der Waals surface area contributed by atoms with Gasteiger partial charge in [-0.2, -0.15) is 0 Å². The van der Waals surface area contributed by atoms with Crippen LogP contribution in [0.5, 0.6) is 0 Å². The first kappa shape index (κ1) is 21.2. The summed E-state index contributed by atoms with van der Waals surface area (Å²) in [5.41, 5.74) is 2.39. The van der Waals surface area contributed by atoms with Crippen LogP contribution in [-0.2, 0) is 14.0 Å². The number of ether oxygens (including phenoxy) is 1. The minimum Gasteiger partial charge on any atom is -0.444 e. The lowest BCUT2D eigenvalue weighted by molar-refractivity contribution is 0.00578. The van der Waals surface area contributed by atoms with Crippen molar-refractivity contribution >= 4 is 18.7 Å². The normalized spacial score (nSPS) is 23.9. The quantitative estimate of drug-likeness (QED) is 0.720. The zero-order valence-electron chi connectivity index (χ0n) is 18.6. The predicted molar refractivity (Wildman–Crippen MR) is 112 cm³/mol. The Kier molecular flexibility index (Phi) is 5.35. The van der Waals surface area contributed by atoms with Gasteiger partial charge < -0.3 is 18.9 Å². The molecule has 2 fully saturated rings. The summed E-state index contributed by atoms with van der Waals surface area (Å²) < 4.78 is 17.9. The van der Waals surface area contributed by atoms with E-state index in [2.05, 4.69) is 52.8 Å². The summed E-state index contributed by atoms with van der Waals surface area (Å²) in [7, 11) is -0.348. The molecule has 0 aromatic heterocycles. The third-order valence-corrected chi connectivity index (χ3v) is 6.10. The number of nitrogens with zero attached hydrogens (tertiary/aromatic N) is 1. The van der Waals surface area contributed by atoms with E-state index in [4.69, 9.17) is 14.0 Å². The number of benzene rings is 1. The highest BCUT2D eigenvalue weighted by atomic mass is 16.7. The summed E-state index contributed by atoms with van der Waals surface area (Å²) in [6.07, 6.45) is 0.733. The molecule has 2 saturated heterocycles. The van der Waals surface area contributed by atoms with Gasteiger partial charge in [0.2, 0.25) is 0 Å². The van der Waals surface area contributed by atoms with E-state index in [1.54, 1.807) is 0 Å². The maximum Gasteiger partial charge on any atom is 0.494 e. The molecule has 28 heavy (non-hydrogen) atoms. The van der Waals surface area contributed by atoms with Crippen LogP contribution in [0.15, 0.2) is 18.2 Å². The molecule has 2 aliphatic heterocycles. The molecule has 1 unspecified atom stereocenters. The largest absolute Gasteiger partial charge is 0.494 e. The summed E-state index contributed by atoms with van der Waals surface area (Å²) in [4.78, 5) is 14.2. The van der Waals surface area contributed by atoms with Gasteiger partial charge in [-0.15, -0.1) is 0 Å². The Hall–Kier alpha value is -1.53. The van der Waals surface area contributed by atoms with Gasteiger partial charge in [0.25, 0.3) is 0 Å². The molecule has 1 atom stereocenters. The molecule has 0 saturated carbocycles. The Labute approximate surface area is 169 Å². The van der Waals surface area contributed by atoms with E-state index >= 15 is 0 Å². The summed E-state index contributed by atoms with van der Waals surface area (Å²) in [5.74, 6) is 0.333. The molecule has 2 heterocycles. The molecule has 1 aromatic carbocycles. The summed E-state index contributed by atoms with van der Waals surface area (Å²) >= 11 is 0. The highest BCUT2D eigenvalue weighted by Crippen LogP contribution is 2.37. The fourth-order valence-corrected chi connectivity index (χ4v) is 3.79. The third kappa shape index (κ3) is 4.23. The number of carbonyl (C=O) groups excluding carboxylic acids is 1. The maximum atomic E-state index is 12.3. The minimum atomic E-state index is -0.463. The van der Waals surface area contributed by atoms with Crippen LogP contribution in [0.25, 0.3) is 0 Å². The van der Waals surface area contributed by atoms with Crippen LogP contribution in [-0.4, -0.2) is 48.0 Å². The van der Waals surface area contributed by atoms with Gasteiger partial charge in [0.15, 0.2) is 0 Å². The number of aryl methyl sites for hydroxylation is 1. The predicted octanol–water partition coefficient (Wildman–Crippen LogP) is 4.02. The summed E-state index contributed by atoms with van der Waals surface area (Å²) in [5, 5.41) is 0. The van der Waals surface area contributed by atoms with E-state index in [1.165, 1.54) is 11.1 Å². The van der Waals surface area contributed by atoms with Crippen LogP contribution < -0.4 is 5.46 Å². The number of hydrogen-bond acceptors (Lipinski definition) is 4. The SMILES string of the molecule is Cc1cc(B2OC(C)(C)C(C)(C)O2)ccc1C1CCN(C(=O)OC(C)(C)C)C1. The average Bonchev–Trinajstić information content (AvgIpc) is 3.09. The molecular weight excluding hydrogens is 353 g/mol. The summed E-state index contributed by atoms with van der Waals surface area (Å²) in [6.45, 7) is 17.5. The molecule has 154 valence electrons. The molecule has 1 amide bonds. The Morgan fingerprint density at radius 1 is 1.18 bits per heavy atom. The van der Waals surface area contributed by atoms with E-state index in [0.29, 0.717) is 12.5 Å². The fourth-order valence-electron chi connectivity index (χ4n) is 3.79. The Morgan fingerprint density at radius 3 is 2.32 bits per heavy atom. The first-order valence-electron chi connectivity index (χ1n) is 10.2. The monoisotopic (exact) mass is 387 g/mol.